The molecule has 0 amide bonds. The fraction of sp³-hybridized carbons (Fsp3) is 0.241. The normalized spacial score (nSPS) is 17.7. The van der Waals surface area contributed by atoms with E-state index in [1.54, 1.807) is 0 Å². The van der Waals surface area contributed by atoms with E-state index in [0.717, 1.165) is 15.9 Å². The highest BCUT2D eigenvalue weighted by Gasteiger charge is 2.42. The van der Waals surface area contributed by atoms with Crippen LogP contribution in [0.2, 0.25) is 0 Å². The number of nitrogens with zero attached hydrogens (tertiary/aromatic N) is 3. The summed E-state index contributed by atoms with van der Waals surface area (Å²) in [6, 6.07) is 21.3. The number of thiocarbonyl (C=S) groups is 1. The Bertz CT molecular complexity index is 1430. The maximum Gasteiger partial charge on any atom is 0.174 e. The van der Waals surface area contributed by atoms with Gasteiger partial charge in [0.15, 0.2) is 5.11 Å². The predicted molar refractivity (Wildman–Crippen MR) is 152 cm³/mol. The van der Waals surface area contributed by atoms with Crippen LogP contribution in [0.1, 0.15) is 51.4 Å². The summed E-state index contributed by atoms with van der Waals surface area (Å²) in [5, 5.41) is 4.30. The fourth-order valence-electron chi connectivity index (χ4n) is 5.15. The van der Waals surface area contributed by atoms with E-state index in [2.05, 4.69) is 114 Å². The second-order valence-corrected chi connectivity index (χ2v) is 10.6. The van der Waals surface area contributed by atoms with E-state index >= 15 is 0 Å². The zero-order valence-electron chi connectivity index (χ0n) is 20.6. The summed E-state index contributed by atoms with van der Waals surface area (Å²) in [7, 11) is 0. The monoisotopic (exact) mass is 544 g/mol. The van der Waals surface area contributed by atoms with Gasteiger partial charge in [0, 0.05) is 33.4 Å². The second kappa shape index (κ2) is 9.25. The van der Waals surface area contributed by atoms with Crippen molar-refractivity contribution in [1.29, 1.82) is 0 Å². The minimum Gasteiger partial charge on any atom is -0.351 e. The number of aromatic nitrogens is 2. The standard InChI is InChI=1S/C29H29BrN4S/c1-17-9-10-18(2)26(14-17)33-20(4)16-23(21(33)5)28-27(25-8-6-7-13-31-25)32-29(35)34(28)22-11-12-24(30)19(3)15-22/h6-16,27-28H,1-5H3,(H,32,35)/t27-,28-/m1/s1. The average Bonchev–Trinajstić information content (AvgIpc) is 3.33. The van der Waals surface area contributed by atoms with E-state index in [9.17, 15) is 0 Å². The number of hydrogen-bond acceptors (Lipinski definition) is 2. The molecule has 0 aliphatic carbocycles. The third-order valence-electron chi connectivity index (χ3n) is 6.91. The predicted octanol–water partition coefficient (Wildman–Crippen LogP) is 7.35. The molecule has 1 N–H and O–H groups in total. The summed E-state index contributed by atoms with van der Waals surface area (Å²) in [5.41, 5.74) is 10.6. The minimum atomic E-state index is -0.0693. The Morgan fingerprint density at radius 2 is 1.71 bits per heavy atom. The lowest BCUT2D eigenvalue weighted by Crippen LogP contribution is -2.29. The first kappa shape index (κ1) is 23.8. The topological polar surface area (TPSA) is 33.1 Å². The molecule has 6 heteroatoms. The maximum atomic E-state index is 5.94. The minimum absolute atomic E-state index is 0.0389. The van der Waals surface area contributed by atoms with E-state index in [1.807, 2.05) is 18.3 Å². The Balaban J connectivity index is 1.71. The van der Waals surface area contributed by atoms with Crippen molar-refractivity contribution in [3.63, 3.8) is 0 Å². The average molecular weight is 546 g/mol. The van der Waals surface area contributed by atoms with Crippen molar-refractivity contribution in [2.24, 2.45) is 0 Å². The van der Waals surface area contributed by atoms with Crippen LogP contribution in [0.15, 0.2) is 71.3 Å². The molecule has 178 valence electrons. The Hall–Kier alpha value is -2.96. The van der Waals surface area contributed by atoms with Crippen molar-refractivity contribution >= 4 is 38.9 Å². The first-order chi connectivity index (χ1) is 16.8. The molecule has 2 aromatic carbocycles. The van der Waals surface area contributed by atoms with Gasteiger partial charge in [-0.25, -0.2) is 0 Å². The maximum absolute atomic E-state index is 5.94. The first-order valence-corrected chi connectivity index (χ1v) is 13.0. The molecule has 0 spiro atoms. The van der Waals surface area contributed by atoms with Crippen LogP contribution in [0.3, 0.4) is 0 Å². The van der Waals surface area contributed by atoms with Crippen LogP contribution < -0.4 is 10.2 Å². The Morgan fingerprint density at radius 3 is 2.43 bits per heavy atom. The number of benzene rings is 2. The van der Waals surface area contributed by atoms with Gasteiger partial charge in [0.25, 0.3) is 0 Å². The van der Waals surface area contributed by atoms with Gasteiger partial charge >= 0.3 is 0 Å². The van der Waals surface area contributed by atoms with Crippen LogP contribution >= 0.6 is 28.1 Å². The van der Waals surface area contributed by atoms with Gasteiger partial charge < -0.3 is 14.8 Å². The zero-order chi connectivity index (χ0) is 24.9. The van der Waals surface area contributed by atoms with Crippen molar-refractivity contribution in [3.05, 3.63) is 111 Å². The molecule has 4 aromatic rings. The fourth-order valence-corrected chi connectivity index (χ4v) is 5.74. The van der Waals surface area contributed by atoms with Gasteiger partial charge in [-0.15, -0.1) is 0 Å². The molecule has 2 aromatic heterocycles. The third kappa shape index (κ3) is 4.19. The highest BCUT2D eigenvalue weighted by molar-refractivity contribution is 9.10. The summed E-state index contributed by atoms with van der Waals surface area (Å²) in [4.78, 5) is 6.96. The van der Waals surface area contributed by atoms with E-state index < -0.39 is 0 Å². The number of aryl methyl sites for hydroxylation is 4. The largest absolute Gasteiger partial charge is 0.351 e. The number of halogens is 1. The van der Waals surface area contributed by atoms with Crippen molar-refractivity contribution in [2.45, 2.75) is 46.7 Å². The third-order valence-corrected chi connectivity index (χ3v) is 8.12. The van der Waals surface area contributed by atoms with Crippen LogP contribution in [-0.4, -0.2) is 14.7 Å². The van der Waals surface area contributed by atoms with Crippen molar-refractivity contribution in [2.75, 3.05) is 4.90 Å². The van der Waals surface area contributed by atoms with Gasteiger partial charge in [0.1, 0.15) is 0 Å². The van der Waals surface area contributed by atoms with Crippen LogP contribution in [0.5, 0.6) is 0 Å². The quantitative estimate of drug-likeness (QED) is 0.272. The molecule has 2 atom stereocenters. The Kier molecular flexibility index (Phi) is 6.28. The molecule has 3 heterocycles. The smallest absolute Gasteiger partial charge is 0.174 e. The van der Waals surface area contributed by atoms with Crippen LogP contribution in [0.4, 0.5) is 5.69 Å². The lowest BCUT2D eigenvalue weighted by atomic mass is 9.96. The molecular weight excluding hydrogens is 516 g/mol. The molecule has 0 radical (unpaired) electrons. The molecule has 1 fully saturated rings. The number of anilines is 1. The zero-order valence-corrected chi connectivity index (χ0v) is 23.0. The molecule has 0 saturated carbocycles. The van der Waals surface area contributed by atoms with Gasteiger partial charge in [0.05, 0.1) is 17.8 Å². The molecule has 1 aliphatic rings. The molecule has 0 unspecified atom stereocenters. The van der Waals surface area contributed by atoms with E-state index in [0.29, 0.717) is 5.11 Å². The molecule has 35 heavy (non-hydrogen) atoms. The lowest BCUT2D eigenvalue weighted by Gasteiger charge is -2.28. The number of hydrogen-bond donors (Lipinski definition) is 1. The highest BCUT2D eigenvalue weighted by atomic mass is 79.9. The summed E-state index contributed by atoms with van der Waals surface area (Å²) in [6.45, 7) is 10.8. The second-order valence-electron chi connectivity index (χ2n) is 9.38. The molecule has 1 saturated heterocycles. The van der Waals surface area contributed by atoms with Crippen LogP contribution in [-0.2, 0) is 0 Å². The molecule has 4 nitrogen and oxygen atoms in total. The van der Waals surface area contributed by atoms with E-state index in [-0.39, 0.29) is 12.1 Å². The highest BCUT2D eigenvalue weighted by Crippen LogP contribution is 2.44. The molecule has 1 aliphatic heterocycles. The van der Waals surface area contributed by atoms with Gasteiger partial charge in [0.2, 0.25) is 0 Å². The summed E-state index contributed by atoms with van der Waals surface area (Å²) < 4.78 is 3.46. The Labute approximate surface area is 221 Å². The van der Waals surface area contributed by atoms with Crippen molar-refractivity contribution < 1.29 is 0 Å². The number of rotatable bonds is 4. The van der Waals surface area contributed by atoms with Crippen LogP contribution in [0.25, 0.3) is 5.69 Å². The summed E-state index contributed by atoms with van der Waals surface area (Å²) >= 11 is 9.58. The van der Waals surface area contributed by atoms with Gasteiger partial charge in [-0.3, -0.25) is 4.98 Å². The van der Waals surface area contributed by atoms with Crippen molar-refractivity contribution in [1.82, 2.24) is 14.9 Å². The molecular formula is C29H29BrN4S. The molecule has 5 rings (SSSR count). The van der Waals surface area contributed by atoms with Gasteiger partial charge in [-0.05, 0) is 112 Å². The summed E-state index contributed by atoms with van der Waals surface area (Å²) in [6.07, 6.45) is 1.85. The first-order valence-electron chi connectivity index (χ1n) is 11.8. The van der Waals surface area contributed by atoms with Crippen LogP contribution in [0, 0.1) is 34.6 Å². The van der Waals surface area contributed by atoms with Crippen molar-refractivity contribution in [3.8, 4) is 5.69 Å². The summed E-state index contributed by atoms with van der Waals surface area (Å²) in [5.74, 6) is 0. The number of nitrogens with one attached hydrogen (secondary N) is 1. The van der Waals surface area contributed by atoms with E-state index in [1.165, 1.54) is 39.3 Å². The van der Waals surface area contributed by atoms with Gasteiger partial charge in [-0.2, -0.15) is 0 Å². The number of pyridine rings is 1. The van der Waals surface area contributed by atoms with E-state index in [4.69, 9.17) is 17.2 Å². The van der Waals surface area contributed by atoms with Gasteiger partial charge in [-0.1, -0.05) is 34.1 Å². The Morgan fingerprint density at radius 1 is 0.914 bits per heavy atom. The molecule has 0 bridgehead atoms. The lowest BCUT2D eigenvalue weighted by molar-refractivity contribution is 0.565. The SMILES string of the molecule is Cc1ccc(C)c(-n2c(C)cc([C@@H]3[C@@H](c4ccccn4)NC(=S)N3c3ccc(Br)c(C)c3)c2C)c1.